The summed E-state index contributed by atoms with van der Waals surface area (Å²) < 4.78 is 1.72. The van der Waals surface area contributed by atoms with Crippen LogP contribution in [-0.2, 0) is 6.42 Å². The second kappa shape index (κ2) is 3.77. The SMILES string of the molecule is CCc1c[nH]c(=O)n1-c1cccc(C)c1. The van der Waals surface area contributed by atoms with Crippen molar-refractivity contribution in [1.29, 1.82) is 0 Å². The van der Waals surface area contributed by atoms with Crippen LogP contribution in [0.3, 0.4) is 0 Å². The third-order valence-electron chi connectivity index (χ3n) is 2.47. The first kappa shape index (κ1) is 9.77. The molecule has 0 radical (unpaired) electrons. The van der Waals surface area contributed by atoms with E-state index in [1.54, 1.807) is 10.8 Å². The van der Waals surface area contributed by atoms with Crippen LogP contribution in [-0.4, -0.2) is 9.55 Å². The molecule has 0 aliphatic heterocycles. The lowest BCUT2D eigenvalue weighted by Gasteiger charge is -2.05. The monoisotopic (exact) mass is 202 g/mol. The molecule has 78 valence electrons. The Balaban J connectivity index is 2.62. The summed E-state index contributed by atoms with van der Waals surface area (Å²) in [6.45, 7) is 4.06. The van der Waals surface area contributed by atoms with Gasteiger partial charge in [-0.2, -0.15) is 0 Å². The minimum absolute atomic E-state index is 0.0718. The van der Waals surface area contributed by atoms with Gasteiger partial charge < -0.3 is 4.98 Å². The summed E-state index contributed by atoms with van der Waals surface area (Å²) in [6, 6.07) is 7.94. The number of H-pyrrole nitrogens is 1. The van der Waals surface area contributed by atoms with E-state index in [1.807, 2.05) is 38.1 Å². The molecule has 2 rings (SSSR count). The highest BCUT2D eigenvalue weighted by Crippen LogP contribution is 2.10. The van der Waals surface area contributed by atoms with Crippen LogP contribution < -0.4 is 5.69 Å². The third-order valence-corrected chi connectivity index (χ3v) is 2.47. The number of aromatic nitrogens is 2. The van der Waals surface area contributed by atoms with Gasteiger partial charge >= 0.3 is 5.69 Å². The number of rotatable bonds is 2. The van der Waals surface area contributed by atoms with Crippen molar-refractivity contribution < 1.29 is 0 Å². The molecular formula is C12H14N2O. The van der Waals surface area contributed by atoms with E-state index >= 15 is 0 Å². The Kier molecular flexibility index (Phi) is 2.46. The van der Waals surface area contributed by atoms with Gasteiger partial charge in [-0.15, -0.1) is 0 Å². The maximum Gasteiger partial charge on any atom is 0.330 e. The Morgan fingerprint density at radius 2 is 2.20 bits per heavy atom. The van der Waals surface area contributed by atoms with Gasteiger partial charge in [0.1, 0.15) is 0 Å². The molecule has 0 aliphatic rings. The van der Waals surface area contributed by atoms with Crippen LogP contribution in [0.5, 0.6) is 0 Å². The van der Waals surface area contributed by atoms with Crippen molar-refractivity contribution in [2.45, 2.75) is 20.3 Å². The molecule has 1 aromatic carbocycles. The van der Waals surface area contributed by atoms with Crippen molar-refractivity contribution in [2.24, 2.45) is 0 Å². The predicted molar refractivity (Wildman–Crippen MR) is 60.5 cm³/mol. The van der Waals surface area contributed by atoms with Crippen molar-refractivity contribution >= 4 is 0 Å². The molecule has 3 nitrogen and oxygen atoms in total. The zero-order chi connectivity index (χ0) is 10.8. The van der Waals surface area contributed by atoms with Gasteiger partial charge in [0.25, 0.3) is 0 Å². The van der Waals surface area contributed by atoms with Crippen molar-refractivity contribution in [2.75, 3.05) is 0 Å². The average Bonchev–Trinajstić information content (AvgIpc) is 2.59. The van der Waals surface area contributed by atoms with Crippen LogP contribution in [0.1, 0.15) is 18.2 Å². The molecule has 3 heteroatoms. The zero-order valence-electron chi connectivity index (χ0n) is 8.95. The highest BCUT2D eigenvalue weighted by atomic mass is 16.1. The van der Waals surface area contributed by atoms with Crippen LogP contribution in [0.25, 0.3) is 5.69 Å². The fourth-order valence-corrected chi connectivity index (χ4v) is 1.71. The zero-order valence-corrected chi connectivity index (χ0v) is 8.95. The van der Waals surface area contributed by atoms with Gasteiger partial charge in [-0.3, -0.25) is 4.57 Å². The topological polar surface area (TPSA) is 37.8 Å². The summed E-state index contributed by atoms with van der Waals surface area (Å²) >= 11 is 0. The molecule has 0 amide bonds. The molecule has 15 heavy (non-hydrogen) atoms. The van der Waals surface area contributed by atoms with Crippen molar-refractivity contribution in [3.63, 3.8) is 0 Å². The highest BCUT2D eigenvalue weighted by Gasteiger charge is 2.06. The Morgan fingerprint density at radius 1 is 1.40 bits per heavy atom. The molecule has 0 unspecified atom stereocenters. The Labute approximate surface area is 88.4 Å². The van der Waals surface area contributed by atoms with Crippen LogP contribution in [0.15, 0.2) is 35.3 Å². The van der Waals surface area contributed by atoms with Gasteiger partial charge in [0.05, 0.1) is 5.69 Å². The summed E-state index contributed by atoms with van der Waals surface area (Å²) in [5, 5.41) is 0. The second-order valence-corrected chi connectivity index (χ2v) is 3.61. The van der Waals surface area contributed by atoms with Gasteiger partial charge in [-0.25, -0.2) is 4.79 Å². The Morgan fingerprint density at radius 3 is 2.87 bits per heavy atom. The number of aryl methyl sites for hydroxylation is 2. The van der Waals surface area contributed by atoms with E-state index in [2.05, 4.69) is 4.98 Å². The number of nitrogens with one attached hydrogen (secondary N) is 1. The lowest BCUT2D eigenvalue weighted by atomic mass is 10.2. The van der Waals surface area contributed by atoms with Gasteiger partial charge in [-0.05, 0) is 31.0 Å². The minimum atomic E-state index is -0.0718. The Bertz CT molecular complexity index is 522. The molecule has 2 aromatic rings. The van der Waals surface area contributed by atoms with E-state index in [-0.39, 0.29) is 5.69 Å². The molecular weight excluding hydrogens is 188 g/mol. The molecule has 0 saturated carbocycles. The summed E-state index contributed by atoms with van der Waals surface area (Å²) in [7, 11) is 0. The first-order valence-corrected chi connectivity index (χ1v) is 5.08. The largest absolute Gasteiger partial charge is 0.330 e. The summed E-state index contributed by atoms with van der Waals surface area (Å²) in [5.41, 5.74) is 3.02. The van der Waals surface area contributed by atoms with Crippen molar-refractivity contribution in [3.05, 3.63) is 52.2 Å². The fraction of sp³-hybridized carbons (Fsp3) is 0.250. The quantitative estimate of drug-likeness (QED) is 0.795. The Hall–Kier alpha value is -1.77. The first-order valence-electron chi connectivity index (χ1n) is 5.08. The fourth-order valence-electron chi connectivity index (χ4n) is 1.71. The lowest BCUT2D eigenvalue weighted by Crippen LogP contribution is -2.16. The second-order valence-electron chi connectivity index (χ2n) is 3.61. The number of imidazole rings is 1. The van der Waals surface area contributed by atoms with E-state index < -0.39 is 0 Å². The molecule has 0 atom stereocenters. The summed E-state index contributed by atoms with van der Waals surface area (Å²) in [6.07, 6.45) is 2.61. The van der Waals surface area contributed by atoms with Crippen LogP contribution in [0.4, 0.5) is 0 Å². The standard InChI is InChI=1S/C12H14N2O/c1-3-10-8-13-12(15)14(10)11-6-4-5-9(2)7-11/h4-8H,3H2,1-2H3,(H,13,15). The summed E-state index contributed by atoms with van der Waals surface area (Å²) in [5.74, 6) is 0. The maximum atomic E-state index is 11.6. The molecule has 1 aromatic heterocycles. The van der Waals surface area contributed by atoms with Gasteiger partial charge in [-0.1, -0.05) is 19.1 Å². The van der Waals surface area contributed by atoms with Crippen molar-refractivity contribution in [1.82, 2.24) is 9.55 Å². The first-order chi connectivity index (χ1) is 7.22. The van der Waals surface area contributed by atoms with Crippen LogP contribution >= 0.6 is 0 Å². The normalized spacial score (nSPS) is 10.5. The van der Waals surface area contributed by atoms with E-state index in [1.165, 1.54) is 0 Å². The highest BCUT2D eigenvalue weighted by molar-refractivity contribution is 5.36. The number of nitrogens with zero attached hydrogens (tertiary/aromatic N) is 1. The molecule has 0 fully saturated rings. The average molecular weight is 202 g/mol. The van der Waals surface area contributed by atoms with Crippen LogP contribution in [0.2, 0.25) is 0 Å². The molecule has 0 aliphatic carbocycles. The van der Waals surface area contributed by atoms with E-state index in [9.17, 15) is 4.79 Å². The molecule has 1 N–H and O–H groups in total. The minimum Gasteiger partial charge on any atom is -0.312 e. The molecule has 0 spiro atoms. The smallest absolute Gasteiger partial charge is 0.312 e. The maximum absolute atomic E-state index is 11.6. The number of hydrogen-bond acceptors (Lipinski definition) is 1. The molecule has 1 heterocycles. The molecule has 0 saturated heterocycles. The van der Waals surface area contributed by atoms with Gasteiger partial charge in [0.15, 0.2) is 0 Å². The third kappa shape index (κ3) is 1.73. The molecule has 0 bridgehead atoms. The summed E-state index contributed by atoms with van der Waals surface area (Å²) in [4.78, 5) is 14.3. The van der Waals surface area contributed by atoms with E-state index in [0.29, 0.717) is 0 Å². The van der Waals surface area contributed by atoms with Gasteiger partial charge in [0, 0.05) is 11.9 Å². The van der Waals surface area contributed by atoms with Crippen molar-refractivity contribution in [3.8, 4) is 5.69 Å². The predicted octanol–water partition coefficient (Wildman–Crippen LogP) is 2.04. The van der Waals surface area contributed by atoms with E-state index in [4.69, 9.17) is 0 Å². The number of aromatic amines is 1. The number of hydrogen-bond donors (Lipinski definition) is 1. The van der Waals surface area contributed by atoms with Crippen LogP contribution in [0, 0.1) is 6.92 Å². The van der Waals surface area contributed by atoms with Gasteiger partial charge in [0.2, 0.25) is 0 Å². The van der Waals surface area contributed by atoms with E-state index in [0.717, 1.165) is 23.4 Å². The number of benzene rings is 1. The lowest BCUT2D eigenvalue weighted by molar-refractivity contribution is 0.898.